The molecule has 7 heteroatoms. The van der Waals surface area contributed by atoms with E-state index >= 15 is 0 Å². The van der Waals surface area contributed by atoms with Gasteiger partial charge in [-0.2, -0.15) is 6.07 Å². The summed E-state index contributed by atoms with van der Waals surface area (Å²) in [6.45, 7) is 0. The maximum absolute atomic E-state index is 6.56. The fraction of sp³-hybridized carbons (Fsp3) is 0. The van der Waals surface area contributed by atoms with Crippen molar-refractivity contribution in [3.05, 3.63) is 152 Å². The molecule has 0 bridgehead atoms. The van der Waals surface area contributed by atoms with Gasteiger partial charge in [0.05, 0.1) is 17.0 Å². The minimum Gasteiger partial charge on any atom is -0.503 e. The topological polar surface area (TPSA) is 56.7 Å². The number of ether oxygens (including phenoxy) is 1. The quantitative estimate of drug-likeness (QED) is 0.131. The number of imidazole rings is 1. The van der Waals surface area contributed by atoms with E-state index in [0.717, 1.165) is 77.4 Å². The van der Waals surface area contributed by atoms with E-state index in [2.05, 4.69) is 99.8 Å². The summed E-state index contributed by atoms with van der Waals surface area (Å²) >= 11 is 0. The van der Waals surface area contributed by atoms with Crippen LogP contribution in [-0.2, 0) is 21.1 Å². The van der Waals surface area contributed by atoms with Crippen molar-refractivity contribution in [2.45, 2.75) is 0 Å². The molecule has 5 aromatic carbocycles. The van der Waals surface area contributed by atoms with Gasteiger partial charge in [0.15, 0.2) is 0 Å². The number of benzene rings is 5. The van der Waals surface area contributed by atoms with Crippen LogP contribution in [0.4, 0.5) is 0 Å². The average Bonchev–Trinajstić information content (AvgIpc) is 3.84. The molecule has 0 fully saturated rings. The second kappa shape index (κ2) is 11.0. The average molecular weight is 821 g/mol. The van der Waals surface area contributed by atoms with E-state index in [1.54, 1.807) is 0 Å². The molecule has 0 aliphatic carbocycles. The Balaban J connectivity index is 0.00000316. The fourth-order valence-corrected chi connectivity index (χ4v) is 7.54. The second-order valence-electron chi connectivity index (χ2n) is 12.3. The van der Waals surface area contributed by atoms with Gasteiger partial charge in [-0.05, 0) is 29.0 Å². The van der Waals surface area contributed by atoms with E-state index < -0.39 is 0 Å². The van der Waals surface area contributed by atoms with Crippen LogP contribution in [0.25, 0.3) is 88.2 Å². The van der Waals surface area contributed by atoms with Crippen LogP contribution < -0.4 is 4.74 Å². The number of hydrogen-bond donors (Lipinski definition) is 0. The van der Waals surface area contributed by atoms with Gasteiger partial charge in [0.2, 0.25) is 0 Å². The zero-order valence-corrected chi connectivity index (χ0v) is 28.5. The van der Waals surface area contributed by atoms with Crippen LogP contribution in [0.1, 0.15) is 0 Å². The molecule has 0 radical (unpaired) electrons. The van der Waals surface area contributed by atoms with Gasteiger partial charge in [-0.1, -0.05) is 107 Å². The molecule has 6 aromatic heterocycles. The van der Waals surface area contributed by atoms with Crippen molar-refractivity contribution in [3.8, 4) is 34.0 Å². The maximum Gasteiger partial charge on any atom is 2.00 e. The first-order chi connectivity index (χ1) is 24.3. The Morgan fingerprint density at radius 2 is 1.08 bits per heavy atom. The molecule has 6 nitrogen and oxygen atoms in total. The number of para-hydroxylation sites is 1. The third kappa shape index (κ3) is 4.03. The van der Waals surface area contributed by atoms with E-state index in [-0.39, 0.29) is 21.1 Å². The summed E-state index contributed by atoms with van der Waals surface area (Å²) in [5.74, 6) is 1.18. The Morgan fingerprint density at radius 1 is 0.480 bits per heavy atom. The molecule has 0 aliphatic rings. The van der Waals surface area contributed by atoms with E-state index in [0.29, 0.717) is 11.5 Å². The minimum atomic E-state index is 0. The van der Waals surface area contributed by atoms with Crippen molar-refractivity contribution in [1.29, 1.82) is 0 Å². The summed E-state index contributed by atoms with van der Waals surface area (Å²) in [4.78, 5) is 15.0. The van der Waals surface area contributed by atoms with Crippen molar-refractivity contribution in [3.63, 3.8) is 0 Å². The molecule has 0 N–H and O–H groups in total. The number of pyridine rings is 3. The van der Waals surface area contributed by atoms with Gasteiger partial charge in [0.25, 0.3) is 0 Å². The monoisotopic (exact) mass is 820 g/mol. The Bertz CT molecular complexity index is 3080. The van der Waals surface area contributed by atoms with Gasteiger partial charge in [-0.25, -0.2) is 9.97 Å². The summed E-state index contributed by atoms with van der Waals surface area (Å²) in [5.41, 5.74) is 8.57. The summed E-state index contributed by atoms with van der Waals surface area (Å²) < 4.78 is 10.9. The van der Waals surface area contributed by atoms with Crippen LogP contribution in [0.3, 0.4) is 0 Å². The molecule has 11 aromatic rings. The molecule has 6 heterocycles. The van der Waals surface area contributed by atoms with E-state index in [1.165, 1.54) is 10.8 Å². The Hall–Kier alpha value is -6.10. The van der Waals surface area contributed by atoms with Crippen molar-refractivity contribution in [1.82, 2.24) is 23.8 Å². The van der Waals surface area contributed by atoms with Crippen LogP contribution >= 0.6 is 0 Å². The number of fused-ring (bicyclic) bond motifs is 12. The molecule has 0 aliphatic heterocycles. The van der Waals surface area contributed by atoms with Crippen molar-refractivity contribution in [2.75, 3.05) is 0 Å². The molecule has 0 amide bonds. The summed E-state index contributed by atoms with van der Waals surface area (Å²) in [6, 6.07) is 50.7. The van der Waals surface area contributed by atoms with Gasteiger partial charge < -0.3 is 13.5 Å². The van der Waals surface area contributed by atoms with Gasteiger partial charge in [-0.15, -0.1) is 29.7 Å². The fourth-order valence-electron chi connectivity index (χ4n) is 7.54. The maximum atomic E-state index is 6.56. The standard InChI is InChI=1S/C43H23N5O.Pt/c1-3-10-26(11-4-1)38-39(27-12-5-2-6-13-27)48-42-34(16-8-23-45-42)30-20-18-28(24-36(30)43(48)46-38)49-29-19-21-31-32-14-7-15-33-35-17-9-22-44-41(35)47(40(32)33)37(31)25-29;/h1-23H;/q-2;+2. The molecule has 236 valence electrons. The van der Waals surface area contributed by atoms with Crippen LogP contribution in [0.5, 0.6) is 11.5 Å². The van der Waals surface area contributed by atoms with E-state index in [4.69, 9.17) is 19.7 Å². The first kappa shape index (κ1) is 28.9. The van der Waals surface area contributed by atoms with Crippen molar-refractivity contribution >= 4 is 65.7 Å². The number of aromatic nitrogens is 5. The Kier molecular flexibility index (Phi) is 6.33. The predicted molar refractivity (Wildman–Crippen MR) is 196 cm³/mol. The van der Waals surface area contributed by atoms with Gasteiger partial charge in [0, 0.05) is 51.3 Å². The predicted octanol–water partition coefficient (Wildman–Crippen LogP) is 10.3. The van der Waals surface area contributed by atoms with Gasteiger partial charge in [0.1, 0.15) is 11.3 Å². The molecular weight excluding hydrogens is 798 g/mol. The smallest absolute Gasteiger partial charge is 0.503 e. The third-order valence-corrected chi connectivity index (χ3v) is 9.58. The third-order valence-electron chi connectivity index (χ3n) is 9.58. The molecule has 0 saturated heterocycles. The second-order valence-corrected chi connectivity index (χ2v) is 12.3. The Labute approximate surface area is 299 Å². The minimum absolute atomic E-state index is 0. The molecular formula is C43H23N5OPt. The zero-order valence-electron chi connectivity index (χ0n) is 26.2. The van der Waals surface area contributed by atoms with Crippen LogP contribution in [0.15, 0.2) is 140 Å². The molecule has 0 atom stereocenters. The van der Waals surface area contributed by atoms with Crippen LogP contribution in [0.2, 0.25) is 0 Å². The largest absolute Gasteiger partial charge is 2.00 e. The SMILES string of the molecule is [Pt+2].[c-]1c(Oc2[c-]c3c(cc2)c2cccc4c5cccnc5n3c24)ccc2c1c1nc(-c3ccccc3)c(-c3ccccc3)n1c1ncccc21. The summed E-state index contributed by atoms with van der Waals surface area (Å²) in [5, 5.41) is 7.48. The van der Waals surface area contributed by atoms with E-state index in [1.807, 2.05) is 60.9 Å². The number of hydrogen-bond acceptors (Lipinski definition) is 4. The van der Waals surface area contributed by atoms with Crippen molar-refractivity contribution < 1.29 is 25.8 Å². The molecule has 11 rings (SSSR count). The molecule has 0 saturated carbocycles. The number of rotatable bonds is 4. The number of nitrogens with zero attached hydrogens (tertiary/aromatic N) is 5. The zero-order chi connectivity index (χ0) is 32.1. The molecule has 50 heavy (non-hydrogen) atoms. The van der Waals surface area contributed by atoms with Crippen LogP contribution in [0, 0.1) is 12.1 Å². The van der Waals surface area contributed by atoms with Gasteiger partial charge in [-0.3, -0.25) is 4.98 Å². The van der Waals surface area contributed by atoms with Crippen molar-refractivity contribution in [2.24, 2.45) is 0 Å². The first-order valence-electron chi connectivity index (χ1n) is 16.2. The normalized spacial score (nSPS) is 11.8. The van der Waals surface area contributed by atoms with Gasteiger partial charge >= 0.3 is 21.1 Å². The summed E-state index contributed by atoms with van der Waals surface area (Å²) in [7, 11) is 0. The van der Waals surface area contributed by atoms with Crippen LogP contribution in [-0.4, -0.2) is 23.8 Å². The van der Waals surface area contributed by atoms with E-state index in [9.17, 15) is 0 Å². The first-order valence-corrected chi connectivity index (χ1v) is 16.2. The molecule has 0 spiro atoms. The Morgan fingerprint density at radius 3 is 1.82 bits per heavy atom. The molecule has 0 unspecified atom stereocenters. The summed E-state index contributed by atoms with van der Waals surface area (Å²) in [6.07, 6.45) is 3.68.